The number of nitrogens with one attached hydrogen (secondary N) is 2. The van der Waals surface area contributed by atoms with Gasteiger partial charge in [-0.2, -0.15) is 0 Å². The van der Waals surface area contributed by atoms with Gasteiger partial charge in [0.25, 0.3) is 0 Å². The van der Waals surface area contributed by atoms with Gasteiger partial charge in [0.2, 0.25) is 0 Å². The molecule has 2 aromatic heterocycles. The van der Waals surface area contributed by atoms with Crippen molar-refractivity contribution in [1.82, 2.24) is 14.8 Å². The Morgan fingerprint density at radius 3 is 2.52 bits per heavy atom. The molecule has 2 amide bonds. The first-order valence-electron chi connectivity index (χ1n) is 12.1. The lowest BCUT2D eigenvalue weighted by Gasteiger charge is -2.28. The Morgan fingerprint density at radius 1 is 1.12 bits per heavy atom. The number of fused-ring (bicyclic) bond motifs is 1. The summed E-state index contributed by atoms with van der Waals surface area (Å²) in [7, 11) is 0. The number of nitrogens with zero attached hydrogens (tertiary/aromatic N) is 2. The summed E-state index contributed by atoms with van der Waals surface area (Å²) >= 11 is 1.88. The van der Waals surface area contributed by atoms with Crippen molar-refractivity contribution >= 4 is 23.1 Å². The Kier molecular flexibility index (Phi) is 7.56. The summed E-state index contributed by atoms with van der Waals surface area (Å²) in [5.41, 5.74) is 4.75. The van der Waals surface area contributed by atoms with Gasteiger partial charge in [0.05, 0.1) is 6.04 Å². The molecule has 3 heterocycles. The van der Waals surface area contributed by atoms with Crippen LogP contribution in [0.1, 0.15) is 61.2 Å². The van der Waals surface area contributed by atoms with Gasteiger partial charge >= 0.3 is 6.03 Å². The van der Waals surface area contributed by atoms with Gasteiger partial charge in [-0.3, -0.25) is 4.90 Å². The van der Waals surface area contributed by atoms with Crippen LogP contribution in [0.4, 0.5) is 10.5 Å². The minimum atomic E-state index is -0.142. The molecule has 0 saturated carbocycles. The molecule has 1 aliphatic heterocycles. The number of carbonyl (C=O) groups excluding carboxylic acids is 1. The molecule has 4 rings (SSSR count). The van der Waals surface area contributed by atoms with Gasteiger partial charge in [0.1, 0.15) is 5.00 Å². The Morgan fingerprint density at radius 2 is 1.85 bits per heavy atom. The molecule has 176 valence electrons. The van der Waals surface area contributed by atoms with Crippen molar-refractivity contribution in [2.75, 3.05) is 18.4 Å². The minimum absolute atomic E-state index is 0.0246. The lowest BCUT2D eigenvalue weighted by molar-refractivity contribution is 0.246. The number of amides is 2. The highest BCUT2D eigenvalue weighted by Gasteiger charge is 2.30. The molecule has 2 N–H and O–H groups in total. The van der Waals surface area contributed by atoms with Gasteiger partial charge in [0, 0.05) is 41.6 Å². The van der Waals surface area contributed by atoms with Crippen LogP contribution < -0.4 is 10.6 Å². The average Bonchev–Trinajstić information content (AvgIpc) is 3.45. The summed E-state index contributed by atoms with van der Waals surface area (Å²) in [5.74, 6) is 0.578. The van der Waals surface area contributed by atoms with E-state index in [4.69, 9.17) is 0 Å². The van der Waals surface area contributed by atoms with Crippen LogP contribution in [0.3, 0.4) is 0 Å². The molecule has 0 radical (unpaired) electrons. The normalized spacial score (nSPS) is 14.8. The maximum atomic E-state index is 13.1. The molecule has 0 bridgehead atoms. The Bertz CT molecular complexity index is 1050. The highest BCUT2D eigenvalue weighted by Crippen LogP contribution is 2.41. The largest absolute Gasteiger partial charge is 0.331 e. The zero-order valence-electron chi connectivity index (χ0n) is 20.2. The molecule has 3 aromatic rings. The van der Waals surface area contributed by atoms with Crippen molar-refractivity contribution < 1.29 is 4.79 Å². The number of likely N-dealkylation sites (N-methyl/N-ethyl adjacent to an activating group) is 1. The molecular weight excluding hydrogens is 428 g/mol. The molecular formula is C27H36N4OS. The second-order valence-electron chi connectivity index (χ2n) is 9.42. The molecule has 0 unspecified atom stereocenters. The van der Waals surface area contributed by atoms with Gasteiger partial charge in [-0.05, 0) is 68.5 Å². The second kappa shape index (κ2) is 10.6. The van der Waals surface area contributed by atoms with E-state index in [1.807, 2.05) is 42.5 Å². The summed E-state index contributed by atoms with van der Waals surface area (Å²) in [6.07, 6.45) is 7.25. The van der Waals surface area contributed by atoms with Crippen LogP contribution in [-0.4, -0.2) is 28.6 Å². The zero-order valence-corrected chi connectivity index (χ0v) is 21.0. The lowest BCUT2D eigenvalue weighted by atomic mass is 9.92. The van der Waals surface area contributed by atoms with E-state index >= 15 is 0 Å². The molecule has 0 aliphatic carbocycles. The number of urea groups is 1. The summed E-state index contributed by atoms with van der Waals surface area (Å²) in [4.78, 5) is 17.0. The number of anilines is 1. The predicted octanol–water partition coefficient (Wildman–Crippen LogP) is 6.52. The first-order chi connectivity index (χ1) is 15.9. The molecule has 1 atom stereocenters. The van der Waals surface area contributed by atoms with E-state index in [0.717, 1.165) is 44.6 Å². The fourth-order valence-electron chi connectivity index (χ4n) is 4.51. The number of aryl methyl sites for hydroxylation is 1. The lowest BCUT2D eigenvalue weighted by Crippen LogP contribution is -2.35. The van der Waals surface area contributed by atoms with E-state index in [9.17, 15) is 4.79 Å². The Balaban J connectivity index is 1.66. The van der Waals surface area contributed by atoms with Crippen molar-refractivity contribution in [2.24, 2.45) is 5.92 Å². The quantitative estimate of drug-likeness (QED) is 0.398. The molecule has 0 spiro atoms. The molecule has 1 aliphatic rings. The van der Waals surface area contributed by atoms with Gasteiger partial charge in [-0.15, -0.1) is 11.3 Å². The first-order valence-corrected chi connectivity index (χ1v) is 12.9. The summed E-state index contributed by atoms with van der Waals surface area (Å²) in [5, 5.41) is 7.63. The van der Waals surface area contributed by atoms with Gasteiger partial charge in [-0.25, -0.2) is 4.79 Å². The van der Waals surface area contributed by atoms with E-state index in [0.29, 0.717) is 5.92 Å². The topological polar surface area (TPSA) is 49.3 Å². The second-order valence-corrected chi connectivity index (χ2v) is 10.5. The van der Waals surface area contributed by atoms with Crippen LogP contribution >= 0.6 is 11.3 Å². The zero-order chi connectivity index (χ0) is 23.4. The van der Waals surface area contributed by atoms with Crippen molar-refractivity contribution in [3.8, 4) is 5.00 Å². The fourth-order valence-corrected chi connectivity index (χ4v) is 5.93. The van der Waals surface area contributed by atoms with Gasteiger partial charge in [0.15, 0.2) is 0 Å². The van der Waals surface area contributed by atoms with Gasteiger partial charge in [-0.1, -0.05) is 38.5 Å². The van der Waals surface area contributed by atoms with E-state index < -0.39 is 0 Å². The smallest absolute Gasteiger partial charge is 0.319 e. The molecule has 0 fully saturated rings. The molecule has 33 heavy (non-hydrogen) atoms. The molecule has 1 aromatic carbocycles. The van der Waals surface area contributed by atoms with Gasteiger partial charge < -0.3 is 15.2 Å². The molecule has 5 nitrogen and oxygen atoms in total. The molecule has 6 heteroatoms. The maximum Gasteiger partial charge on any atom is 0.319 e. The van der Waals surface area contributed by atoms with Crippen molar-refractivity contribution in [3.63, 3.8) is 0 Å². The highest BCUT2D eigenvalue weighted by molar-refractivity contribution is 7.15. The highest BCUT2D eigenvalue weighted by atomic mass is 32.1. The van der Waals surface area contributed by atoms with Crippen LogP contribution in [0.25, 0.3) is 5.00 Å². The number of rotatable bonds is 8. The number of carbonyl (C=O) groups is 1. The van der Waals surface area contributed by atoms with Crippen LogP contribution in [0.15, 0.2) is 48.8 Å². The van der Waals surface area contributed by atoms with Crippen molar-refractivity contribution in [3.05, 3.63) is 70.4 Å². The van der Waals surface area contributed by atoms with Crippen LogP contribution in [0, 0.1) is 12.8 Å². The van der Waals surface area contributed by atoms with E-state index in [1.54, 1.807) is 0 Å². The third kappa shape index (κ3) is 5.68. The number of hydrogen-bond donors (Lipinski definition) is 2. The monoisotopic (exact) mass is 464 g/mol. The summed E-state index contributed by atoms with van der Waals surface area (Å²) in [6.45, 7) is 11.9. The van der Waals surface area contributed by atoms with E-state index in [-0.39, 0.29) is 12.1 Å². The standard InChI is InChI=1S/C27H36N4OS/c1-5-30-17-14-22-24(18-30)33-26(31-15-6-7-16-31)25(22)23(13-8-19(2)3)29-27(32)28-21-11-9-20(4)10-12-21/h6-7,9-12,15-16,19,23H,5,8,13-14,17-18H2,1-4H3,(H2,28,29,32)/t23-/m0/s1. The third-order valence-corrected chi connectivity index (χ3v) is 7.69. The fraction of sp³-hybridized carbons (Fsp3) is 0.444. The summed E-state index contributed by atoms with van der Waals surface area (Å²) in [6, 6.07) is 11.9. The molecule has 0 saturated heterocycles. The Labute approximate surface area is 201 Å². The third-order valence-electron chi connectivity index (χ3n) is 6.44. The SMILES string of the molecule is CCN1CCc2c(sc(-n3cccc3)c2[C@H](CCC(C)C)NC(=O)Nc2ccc(C)cc2)C1. The van der Waals surface area contributed by atoms with Crippen molar-refractivity contribution in [2.45, 2.75) is 59.5 Å². The number of benzene rings is 1. The number of thiophene rings is 1. The average molecular weight is 465 g/mol. The number of aromatic nitrogens is 1. The maximum absolute atomic E-state index is 13.1. The van der Waals surface area contributed by atoms with Crippen LogP contribution in [0.5, 0.6) is 0 Å². The summed E-state index contributed by atoms with van der Waals surface area (Å²) < 4.78 is 2.22. The van der Waals surface area contributed by atoms with Crippen LogP contribution in [-0.2, 0) is 13.0 Å². The number of hydrogen-bond acceptors (Lipinski definition) is 3. The van der Waals surface area contributed by atoms with E-state index in [1.165, 1.54) is 26.6 Å². The first kappa shape index (κ1) is 23.6. The van der Waals surface area contributed by atoms with Crippen molar-refractivity contribution in [1.29, 1.82) is 0 Å². The minimum Gasteiger partial charge on any atom is -0.331 e. The van der Waals surface area contributed by atoms with Crippen LogP contribution in [0.2, 0.25) is 0 Å². The van der Waals surface area contributed by atoms with E-state index in [2.05, 4.69) is 65.4 Å². The Hall–Kier alpha value is -2.57. The predicted molar refractivity (Wildman–Crippen MR) is 138 cm³/mol.